The van der Waals surface area contributed by atoms with Gasteiger partial charge in [0.2, 0.25) is 9.04 Å². The molecule has 0 fully saturated rings. The largest absolute Gasteiger partial charge is 0.456 e. The molecule has 0 rings (SSSR count). The smallest absolute Gasteiger partial charge is 0.214 e. The molecule has 0 aromatic heterocycles. The van der Waals surface area contributed by atoms with Gasteiger partial charge in [0.1, 0.15) is 0 Å². The monoisotopic (exact) mass is 449 g/mol. The lowest BCUT2D eigenvalue weighted by Gasteiger charge is -2.48. The number of hydrogen-bond donors (Lipinski definition) is 0. The van der Waals surface area contributed by atoms with Crippen molar-refractivity contribution in [2.24, 2.45) is 0 Å². The van der Waals surface area contributed by atoms with Crippen LogP contribution in [0.25, 0.3) is 0 Å². The fourth-order valence-corrected chi connectivity index (χ4v) is 35.6. The molecular weight excluding hydrogens is 405 g/mol. The van der Waals surface area contributed by atoms with Crippen LogP contribution in [0.4, 0.5) is 0 Å². The van der Waals surface area contributed by atoms with Crippen LogP contribution in [0.2, 0.25) is 76.3 Å². The predicted molar refractivity (Wildman–Crippen MR) is 129 cm³/mol. The summed E-state index contributed by atoms with van der Waals surface area (Å²) in [5.74, 6) is 0. The third-order valence-electron chi connectivity index (χ3n) is 3.85. The highest BCUT2D eigenvalue weighted by molar-refractivity contribution is 7.07. The van der Waals surface area contributed by atoms with Gasteiger partial charge >= 0.3 is 0 Å². The normalized spacial score (nSPS) is 14.4. The molecule has 26 heavy (non-hydrogen) atoms. The van der Waals surface area contributed by atoms with E-state index >= 15 is 0 Å². The van der Waals surface area contributed by atoms with Crippen molar-refractivity contribution < 1.29 is 12.7 Å². The van der Waals surface area contributed by atoms with Crippen LogP contribution in [0.1, 0.15) is 20.3 Å². The van der Waals surface area contributed by atoms with Crippen LogP contribution < -0.4 is 0 Å². The zero-order valence-corrected chi connectivity index (χ0v) is 24.6. The summed E-state index contributed by atoms with van der Waals surface area (Å²) in [7, 11) is -8.21. The van der Waals surface area contributed by atoms with Crippen molar-refractivity contribution in [3.05, 3.63) is 12.2 Å². The second-order valence-corrected chi connectivity index (χ2v) is 32.2. The van der Waals surface area contributed by atoms with E-state index in [4.69, 9.17) is 12.7 Å². The summed E-state index contributed by atoms with van der Waals surface area (Å²) < 4.78 is 20.3. The maximum atomic E-state index is 6.89. The van der Waals surface area contributed by atoms with Crippen LogP contribution >= 0.6 is 0 Å². The molecule has 0 atom stereocenters. The first kappa shape index (κ1) is 26.7. The van der Waals surface area contributed by atoms with Gasteiger partial charge < -0.3 is 12.7 Å². The van der Waals surface area contributed by atoms with E-state index in [9.17, 15) is 0 Å². The summed E-state index contributed by atoms with van der Waals surface area (Å²) in [4.78, 5) is 0.512. The molecule has 0 unspecified atom stereocenters. The molecule has 0 spiro atoms. The number of hydrogen-bond acceptors (Lipinski definition) is 3. The molecule has 0 heterocycles. The van der Waals surface area contributed by atoms with Gasteiger partial charge in [-0.3, -0.25) is 0 Å². The average molecular weight is 450 g/mol. The van der Waals surface area contributed by atoms with E-state index in [1.165, 1.54) is 6.04 Å². The molecule has 0 saturated carbocycles. The molecule has 8 heteroatoms. The van der Waals surface area contributed by atoms with Gasteiger partial charge in [-0.2, -0.15) is 0 Å². The Morgan fingerprint density at radius 2 is 1.23 bits per heavy atom. The SMILES string of the molecule is C=C(C)CO[Si](CCC)C([Si](C)(C)O[Si](C)(C)C)[Si](C)(C)O[Si](C)(C)C. The Balaban J connectivity index is 6.00. The quantitative estimate of drug-likeness (QED) is 0.250. The fraction of sp³-hybridized carbons (Fsp3) is 0.889. The average Bonchev–Trinajstić information content (AvgIpc) is 2.28. The van der Waals surface area contributed by atoms with Gasteiger partial charge in [-0.15, -0.1) is 0 Å². The molecule has 0 aromatic rings. The van der Waals surface area contributed by atoms with Gasteiger partial charge in [0.15, 0.2) is 33.3 Å². The Labute approximate surface area is 170 Å². The third-order valence-corrected chi connectivity index (χ3v) is 28.2. The van der Waals surface area contributed by atoms with Gasteiger partial charge in [-0.25, -0.2) is 0 Å². The summed E-state index contributed by atoms with van der Waals surface area (Å²) in [5, 5.41) is 0. The van der Waals surface area contributed by atoms with Crippen LogP contribution in [0.3, 0.4) is 0 Å². The van der Waals surface area contributed by atoms with Crippen LogP contribution in [-0.4, -0.2) is 48.9 Å². The van der Waals surface area contributed by atoms with Crippen molar-refractivity contribution in [3.63, 3.8) is 0 Å². The highest BCUT2D eigenvalue weighted by Crippen LogP contribution is 2.40. The Morgan fingerprint density at radius 1 is 0.846 bits per heavy atom. The van der Waals surface area contributed by atoms with Crippen LogP contribution in [0, 0.1) is 0 Å². The van der Waals surface area contributed by atoms with Crippen LogP contribution in [0.5, 0.6) is 0 Å². The van der Waals surface area contributed by atoms with Crippen molar-refractivity contribution in [3.8, 4) is 0 Å². The van der Waals surface area contributed by atoms with Crippen molar-refractivity contribution in [2.45, 2.75) is 96.6 Å². The highest BCUT2D eigenvalue weighted by Gasteiger charge is 2.54. The Bertz CT molecular complexity index is 425. The molecule has 0 saturated heterocycles. The second-order valence-electron chi connectivity index (χ2n) is 10.5. The summed E-state index contributed by atoms with van der Waals surface area (Å²) in [5.41, 5.74) is 1.11. The molecule has 3 nitrogen and oxygen atoms in total. The first-order chi connectivity index (χ1) is 11.4. The predicted octanol–water partition coefficient (Wildman–Crippen LogP) is 6.54. The summed E-state index contributed by atoms with van der Waals surface area (Å²) >= 11 is 0. The minimum atomic E-state index is -1.96. The van der Waals surface area contributed by atoms with E-state index in [2.05, 4.69) is 85.9 Å². The van der Waals surface area contributed by atoms with E-state index in [-0.39, 0.29) is 0 Å². The van der Waals surface area contributed by atoms with Crippen LogP contribution in [-0.2, 0) is 12.7 Å². The van der Waals surface area contributed by atoms with Crippen molar-refractivity contribution in [2.75, 3.05) is 6.61 Å². The highest BCUT2D eigenvalue weighted by atomic mass is 28.5. The minimum absolute atomic E-state index is 0.512. The maximum Gasteiger partial charge on any atom is 0.214 e. The first-order valence-electron chi connectivity index (χ1n) is 9.94. The van der Waals surface area contributed by atoms with Gasteiger partial charge in [0, 0.05) is 4.79 Å². The summed E-state index contributed by atoms with van der Waals surface area (Å²) in [6, 6.07) is 1.17. The molecule has 0 aromatic carbocycles. The first-order valence-corrected chi connectivity index (χ1v) is 24.4. The molecule has 0 N–H and O–H groups in total. The molecule has 155 valence electrons. The Kier molecular flexibility index (Phi) is 10.2. The van der Waals surface area contributed by atoms with E-state index in [1.807, 2.05) is 0 Å². The van der Waals surface area contributed by atoms with Gasteiger partial charge in [-0.1, -0.05) is 25.5 Å². The molecule has 0 bridgehead atoms. The van der Waals surface area contributed by atoms with Crippen molar-refractivity contribution >= 4 is 42.3 Å². The zero-order chi connectivity index (χ0) is 21.0. The van der Waals surface area contributed by atoms with Gasteiger partial charge in [0.05, 0.1) is 6.61 Å². The topological polar surface area (TPSA) is 27.7 Å². The Morgan fingerprint density at radius 3 is 1.50 bits per heavy atom. The van der Waals surface area contributed by atoms with Crippen molar-refractivity contribution in [1.29, 1.82) is 0 Å². The van der Waals surface area contributed by atoms with Crippen molar-refractivity contribution in [1.82, 2.24) is 0 Å². The van der Waals surface area contributed by atoms with Crippen LogP contribution in [0.15, 0.2) is 12.2 Å². The lowest BCUT2D eigenvalue weighted by Crippen LogP contribution is -2.62. The molecule has 0 aliphatic heterocycles. The van der Waals surface area contributed by atoms with Gasteiger partial charge in [-0.05, 0) is 78.4 Å². The molecule has 0 amide bonds. The van der Waals surface area contributed by atoms with Gasteiger partial charge in [0.25, 0.3) is 0 Å². The zero-order valence-electron chi connectivity index (χ0n) is 19.6. The van der Waals surface area contributed by atoms with E-state index < -0.39 is 42.3 Å². The Hall–Kier alpha value is 0.704. The van der Waals surface area contributed by atoms with E-state index in [0.29, 0.717) is 11.4 Å². The summed E-state index contributed by atoms with van der Waals surface area (Å²) in [6.45, 7) is 32.6. The lowest BCUT2D eigenvalue weighted by atomic mass is 10.4. The lowest BCUT2D eigenvalue weighted by molar-refractivity contribution is 0.350. The van der Waals surface area contributed by atoms with E-state index in [1.54, 1.807) is 0 Å². The molecule has 0 aliphatic rings. The third kappa shape index (κ3) is 10.3. The maximum absolute atomic E-state index is 6.89. The molecule has 1 radical (unpaired) electrons. The summed E-state index contributed by atoms with van der Waals surface area (Å²) in [6.07, 6.45) is 1.16. The number of rotatable bonds is 12. The fourth-order valence-electron chi connectivity index (χ4n) is 4.07. The van der Waals surface area contributed by atoms with E-state index in [0.717, 1.165) is 12.0 Å². The molecular formula is C18H45O3Si5. The molecule has 0 aliphatic carbocycles. The second kappa shape index (κ2) is 9.95. The standard InChI is InChI=1S/C18H45O3Si5/c1-14-15-22(19-16-17(2)3)18(25(10,11)20-23(4,5)6)26(12,13)21-24(7,8)9/h18H,2,14-16H2,1,3-13H3. The minimum Gasteiger partial charge on any atom is -0.456 e.